The molecule has 0 aromatic heterocycles. The van der Waals surface area contributed by atoms with Crippen molar-refractivity contribution in [3.63, 3.8) is 0 Å². The fourth-order valence-electron chi connectivity index (χ4n) is 2.94. The number of carbonyl (C=O) groups excluding carboxylic acids is 2. The summed E-state index contributed by atoms with van der Waals surface area (Å²) in [6.07, 6.45) is 0.398. The van der Waals surface area contributed by atoms with E-state index in [9.17, 15) is 9.59 Å². The molecule has 166 valence electrons. The highest BCUT2D eigenvalue weighted by Crippen LogP contribution is 2.20. The summed E-state index contributed by atoms with van der Waals surface area (Å²) in [6.45, 7) is 6.31. The first kappa shape index (κ1) is 23.6. The van der Waals surface area contributed by atoms with Gasteiger partial charge < -0.3 is 10.6 Å². The molecule has 3 rings (SSSR count). The number of nitrogens with one attached hydrogen (secondary N) is 3. The molecule has 3 N–H and O–H groups in total. The third kappa shape index (κ3) is 7.55. The van der Waals surface area contributed by atoms with Gasteiger partial charge in [0.1, 0.15) is 6.04 Å². The standard InChI is InChI=1S/C26H29N3O2S/c1-26(2,3)29-32-22-16-14-21(15-17-22)27-25(31)23(18-19-10-6-4-7-11-19)28-24(30)20-12-8-5-9-13-20/h4-17,23,29H,18H2,1-3H3,(H,27,31)(H,28,30)/t23-/m0/s1. The van der Waals surface area contributed by atoms with Gasteiger partial charge >= 0.3 is 0 Å². The van der Waals surface area contributed by atoms with Crippen molar-refractivity contribution in [2.75, 3.05) is 5.32 Å². The SMILES string of the molecule is CC(C)(C)NSc1ccc(NC(=O)[C@H](Cc2ccccc2)NC(=O)c2ccccc2)cc1. The van der Waals surface area contributed by atoms with E-state index in [2.05, 4.69) is 36.1 Å². The Balaban J connectivity index is 1.69. The molecule has 32 heavy (non-hydrogen) atoms. The zero-order chi connectivity index (χ0) is 23.0. The molecule has 0 aliphatic rings. The first-order valence-electron chi connectivity index (χ1n) is 10.5. The molecule has 0 heterocycles. The largest absolute Gasteiger partial charge is 0.340 e. The zero-order valence-electron chi connectivity index (χ0n) is 18.6. The molecule has 2 amide bonds. The number of benzene rings is 3. The highest BCUT2D eigenvalue weighted by atomic mass is 32.2. The molecule has 0 spiro atoms. The molecule has 0 aliphatic heterocycles. The lowest BCUT2D eigenvalue weighted by Crippen LogP contribution is -2.45. The quantitative estimate of drug-likeness (QED) is 0.422. The maximum Gasteiger partial charge on any atom is 0.251 e. The first-order valence-corrected chi connectivity index (χ1v) is 11.4. The number of carbonyl (C=O) groups is 2. The van der Waals surface area contributed by atoms with Crippen LogP contribution in [0.4, 0.5) is 5.69 Å². The molecule has 0 saturated carbocycles. The molecule has 5 nitrogen and oxygen atoms in total. The zero-order valence-corrected chi connectivity index (χ0v) is 19.4. The van der Waals surface area contributed by atoms with Crippen LogP contribution in [0.15, 0.2) is 89.8 Å². The maximum absolute atomic E-state index is 13.1. The Hall–Kier alpha value is -3.09. The van der Waals surface area contributed by atoms with E-state index in [1.807, 2.05) is 60.7 Å². The van der Waals surface area contributed by atoms with Crippen LogP contribution in [0.5, 0.6) is 0 Å². The van der Waals surface area contributed by atoms with E-state index in [0.29, 0.717) is 17.7 Å². The molecule has 0 bridgehead atoms. The van der Waals surface area contributed by atoms with E-state index in [4.69, 9.17) is 0 Å². The van der Waals surface area contributed by atoms with Gasteiger partial charge in [-0.25, -0.2) is 0 Å². The summed E-state index contributed by atoms with van der Waals surface area (Å²) in [4.78, 5) is 26.8. The number of amides is 2. The van der Waals surface area contributed by atoms with Crippen molar-refractivity contribution in [2.45, 2.75) is 43.7 Å². The third-order valence-corrected chi connectivity index (χ3v) is 5.76. The van der Waals surface area contributed by atoms with Gasteiger partial charge in [0.05, 0.1) is 0 Å². The van der Waals surface area contributed by atoms with Crippen molar-refractivity contribution in [3.8, 4) is 0 Å². The van der Waals surface area contributed by atoms with Crippen molar-refractivity contribution in [1.29, 1.82) is 0 Å². The summed E-state index contributed by atoms with van der Waals surface area (Å²) in [7, 11) is 0. The van der Waals surface area contributed by atoms with Crippen molar-refractivity contribution < 1.29 is 9.59 Å². The van der Waals surface area contributed by atoms with Gasteiger partial charge in [-0.1, -0.05) is 48.5 Å². The molecule has 3 aromatic rings. The van der Waals surface area contributed by atoms with Crippen LogP contribution < -0.4 is 15.4 Å². The molecule has 0 radical (unpaired) electrons. The average molecular weight is 448 g/mol. The lowest BCUT2D eigenvalue weighted by molar-refractivity contribution is -0.118. The summed E-state index contributed by atoms with van der Waals surface area (Å²) in [5.41, 5.74) is 2.17. The summed E-state index contributed by atoms with van der Waals surface area (Å²) < 4.78 is 3.36. The minimum atomic E-state index is -0.707. The van der Waals surface area contributed by atoms with Crippen LogP contribution in [-0.2, 0) is 11.2 Å². The molecule has 3 aromatic carbocycles. The van der Waals surface area contributed by atoms with Crippen LogP contribution in [0.2, 0.25) is 0 Å². The Bertz CT molecular complexity index is 1020. The second-order valence-corrected chi connectivity index (χ2v) is 9.43. The van der Waals surface area contributed by atoms with Gasteiger partial charge in [0.15, 0.2) is 0 Å². The van der Waals surface area contributed by atoms with Crippen LogP contribution in [0.1, 0.15) is 36.7 Å². The van der Waals surface area contributed by atoms with E-state index in [1.165, 1.54) is 0 Å². The minimum absolute atomic E-state index is 0.000820. The van der Waals surface area contributed by atoms with Crippen LogP contribution in [0, 0.1) is 0 Å². The second kappa shape index (κ2) is 11.0. The van der Waals surface area contributed by atoms with Gasteiger partial charge in [0.2, 0.25) is 5.91 Å². The number of anilines is 1. The topological polar surface area (TPSA) is 70.2 Å². The Morgan fingerprint density at radius 2 is 1.44 bits per heavy atom. The normalized spacial score (nSPS) is 12.1. The summed E-state index contributed by atoms with van der Waals surface area (Å²) >= 11 is 1.55. The maximum atomic E-state index is 13.1. The van der Waals surface area contributed by atoms with E-state index < -0.39 is 6.04 Å². The van der Waals surface area contributed by atoms with E-state index in [-0.39, 0.29) is 17.4 Å². The van der Waals surface area contributed by atoms with Crippen molar-refractivity contribution >= 4 is 29.4 Å². The van der Waals surface area contributed by atoms with Gasteiger partial charge in [-0.2, -0.15) is 0 Å². The lowest BCUT2D eigenvalue weighted by Gasteiger charge is -2.20. The molecule has 0 unspecified atom stereocenters. The number of hydrogen-bond acceptors (Lipinski definition) is 4. The third-order valence-electron chi connectivity index (χ3n) is 4.54. The Morgan fingerprint density at radius 1 is 0.844 bits per heavy atom. The molecule has 6 heteroatoms. The fraction of sp³-hybridized carbons (Fsp3) is 0.231. The van der Waals surface area contributed by atoms with E-state index in [0.717, 1.165) is 10.5 Å². The van der Waals surface area contributed by atoms with Gasteiger partial charge in [-0.15, -0.1) is 0 Å². The highest BCUT2D eigenvalue weighted by Gasteiger charge is 2.22. The average Bonchev–Trinajstić information content (AvgIpc) is 2.79. The lowest BCUT2D eigenvalue weighted by atomic mass is 10.0. The molecular formula is C26H29N3O2S. The number of rotatable bonds is 8. The smallest absolute Gasteiger partial charge is 0.251 e. The summed E-state index contributed by atoms with van der Waals surface area (Å²) in [6, 6.07) is 25.5. The molecule has 0 fully saturated rings. The highest BCUT2D eigenvalue weighted by molar-refractivity contribution is 7.97. The number of hydrogen-bond donors (Lipinski definition) is 3. The minimum Gasteiger partial charge on any atom is -0.340 e. The summed E-state index contributed by atoms with van der Waals surface area (Å²) in [5.74, 6) is -0.534. The van der Waals surface area contributed by atoms with Crippen molar-refractivity contribution in [3.05, 3.63) is 96.1 Å². The van der Waals surface area contributed by atoms with Crippen LogP contribution >= 0.6 is 11.9 Å². The van der Waals surface area contributed by atoms with Gasteiger partial charge in [-0.05, 0) is 74.7 Å². The molecule has 1 atom stereocenters. The molecule has 0 saturated heterocycles. The second-order valence-electron chi connectivity index (χ2n) is 8.55. The fourth-order valence-corrected chi connectivity index (χ4v) is 3.63. The van der Waals surface area contributed by atoms with E-state index in [1.54, 1.807) is 36.2 Å². The predicted molar refractivity (Wildman–Crippen MR) is 132 cm³/mol. The van der Waals surface area contributed by atoms with Crippen LogP contribution in [0.25, 0.3) is 0 Å². The monoisotopic (exact) mass is 447 g/mol. The molecular weight excluding hydrogens is 418 g/mol. The first-order chi connectivity index (χ1) is 15.3. The van der Waals surface area contributed by atoms with Crippen LogP contribution in [-0.4, -0.2) is 23.4 Å². The van der Waals surface area contributed by atoms with Crippen molar-refractivity contribution in [1.82, 2.24) is 10.0 Å². The predicted octanol–water partition coefficient (Wildman–Crippen LogP) is 5.06. The Morgan fingerprint density at radius 3 is 2.03 bits per heavy atom. The summed E-state index contributed by atoms with van der Waals surface area (Å²) in [5, 5.41) is 5.82. The van der Waals surface area contributed by atoms with Gasteiger partial charge in [0.25, 0.3) is 5.91 Å². The Labute approximate surface area is 194 Å². The van der Waals surface area contributed by atoms with Crippen LogP contribution in [0.3, 0.4) is 0 Å². The van der Waals surface area contributed by atoms with Gasteiger partial charge in [0, 0.05) is 28.1 Å². The van der Waals surface area contributed by atoms with Gasteiger partial charge in [-0.3, -0.25) is 14.3 Å². The van der Waals surface area contributed by atoms with E-state index >= 15 is 0 Å². The Kier molecular flexibility index (Phi) is 8.09. The van der Waals surface area contributed by atoms with Crippen molar-refractivity contribution in [2.24, 2.45) is 0 Å². The molecule has 0 aliphatic carbocycles.